The third-order valence-corrected chi connectivity index (χ3v) is 2.55. The van der Waals surface area contributed by atoms with Crippen molar-refractivity contribution in [1.82, 2.24) is 4.72 Å². The van der Waals surface area contributed by atoms with Crippen LogP contribution in [0.2, 0.25) is 0 Å². The molecule has 66 valence electrons. The van der Waals surface area contributed by atoms with Crippen molar-refractivity contribution in [3.8, 4) is 0 Å². The van der Waals surface area contributed by atoms with Crippen molar-refractivity contribution >= 4 is 27.5 Å². The van der Waals surface area contributed by atoms with Crippen molar-refractivity contribution in [2.45, 2.75) is 0 Å². The highest BCUT2D eigenvalue weighted by Crippen LogP contribution is 1.85. The van der Waals surface area contributed by atoms with E-state index in [0.29, 0.717) is 0 Å². The van der Waals surface area contributed by atoms with Gasteiger partial charge in [0, 0.05) is 5.88 Å². The number of sulfonamides is 1. The number of nitrogens with two attached hydrogens (primary N) is 1. The van der Waals surface area contributed by atoms with Gasteiger partial charge in [0.25, 0.3) is 0 Å². The largest absolute Gasteiger partial charge is 0.369 e. The lowest BCUT2D eigenvalue weighted by molar-refractivity contribution is -0.116. The van der Waals surface area contributed by atoms with Gasteiger partial charge in [-0.05, 0) is 0 Å². The van der Waals surface area contributed by atoms with Gasteiger partial charge in [-0.1, -0.05) is 0 Å². The monoisotopic (exact) mass is 200 g/mol. The smallest absolute Gasteiger partial charge is 0.232 e. The molecule has 0 aromatic heterocycles. The Morgan fingerprint density at radius 1 is 1.55 bits per heavy atom. The van der Waals surface area contributed by atoms with Crippen LogP contribution in [-0.4, -0.2) is 32.5 Å². The molecule has 0 unspecified atom stereocenters. The minimum absolute atomic E-state index is 0.00586. The van der Waals surface area contributed by atoms with E-state index in [1.54, 1.807) is 0 Å². The van der Waals surface area contributed by atoms with Gasteiger partial charge in [-0.25, -0.2) is 13.1 Å². The van der Waals surface area contributed by atoms with Crippen LogP contribution < -0.4 is 10.5 Å². The summed E-state index contributed by atoms with van der Waals surface area (Å²) in [6.07, 6.45) is 0. The highest BCUT2D eigenvalue weighted by atomic mass is 35.5. The van der Waals surface area contributed by atoms with Crippen molar-refractivity contribution in [1.29, 1.82) is 0 Å². The van der Waals surface area contributed by atoms with Crippen LogP contribution in [0.4, 0.5) is 0 Å². The predicted octanol–water partition coefficient (Wildman–Crippen LogP) is -1.37. The van der Waals surface area contributed by atoms with Gasteiger partial charge in [0.2, 0.25) is 15.9 Å². The number of hydrogen-bond acceptors (Lipinski definition) is 3. The third kappa shape index (κ3) is 6.08. The number of hydrogen-bond donors (Lipinski definition) is 2. The molecular formula is C4H9ClN2O3S. The fraction of sp³-hybridized carbons (Fsp3) is 0.750. The Balaban J connectivity index is 3.84. The molecule has 7 heteroatoms. The van der Waals surface area contributed by atoms with Crippen LogP contribution in [0.15, 0.2) is 0 Å². The van der Waals surface area contributed by atoms with Gasteiger partial charge in [0.05, 0.1) is 12.3 Å². The van der Waals surface area contributed by atoms with Gasteiger partial charge < -0.3 is 5.73 Å². The average molecular weight is 201 g/mol. The lowest BCUT2D eigenvalue weighted by atomic mass is 10.7. The lowest BCUT2D eigenvalue weighted by Crippen LogP contribution is -2.35. The van der Waals surface area contributed by atoms with Gasteiger partial charge >= 0.3 is 0 Å². The zero-order chi connectivity index (χ0) is 8.91. The van der Waals surface area contributed by atoms with E-state index >= 15 is 0 Å². The first-order valence-corrected chi connectivity index (χ1v) is 4.98. The Bertz CT molecular complexity index is 225. The van der Waals surface area contributed by atoms with Crippen molar-refractivity contribution in [2.24, 2.45) is 5.73 Å². The summed E-state index contributed by atoms with van der Waals surface area (Å²) in [6.45, 7) is -0.376. The van der Waals surface area contributed by atoms with Gasteiger partial charge in [0.1, 0.15) is 0 Å². The minimum Gasteiger partial charge on any atom is -0.369 e. The van der Waals surface area contributed by atoms with Gasteiger partial charge in [0.15, 0.2) is 0 Å². The fourth-order valence-electron chi connectivity index (χ4n) is 0.355. The van der Waals surface area contributed by atoms with Gasteiger partial charge in [-0.2, -0.15) is 0 Å². The summed E-state index contributed by atoms with van der Waals surface area (Å²) in [7, 11) is -3.41. The fourth-order valence-corrected chi connectivity index (χ4v) is 1.67. The normalized spacial score (nSPS) is 11.4. The standard InChI is InChI=1S/C4H9ClN2O3S/c5-1-2-11(9,10)7-3-4(6)8/h7H,1-3H2,(H2,6,8). The summed E-state index contributed by atoms with van der Waals surface area (Å²) in [5, 5.41) is 0. The summed E-state index contributed by atoms with van der Waals surface area (Å²) >= 11 is 5.17. The second-order valence-electron chi connectivity index (χ2n) is 1.80. The molecule has 0 aromatic carbocycles. The van der Waals surface area contributed by atoms with Crippen LogP contribution in [-0.2, 0) is 14.8 Å². The summed E-state index contributed by atoms with van der Waals surface area (Å²) in [5.41, 5.74) is 4.70. The molecule has 0 rings (SSSR count). The maximum atomic E-state index is 10.7. The Morgan fingerprint density at radius 3 is 2.45 bits per heavy atom. The summed E-state index contributed by atoms with van der Waals surface area (Å²) < 4.78 is 23.4. The van der Waals surface area contributed by atoms with Crippen molar-refractivity contribution < 1.29 is 13.2 Å². The van der Waals surface area contributed by atoms with E-state index in [9.17, 15) is 13.2 Å². The molecule has 0 aliphatic carbocycles. The molecule has 11 heavy (non-hydrogen) atoms. The summed E-state index contributed by atoms with van der Waals surface area (Å²) in [4.78, 5) is 10.1. The van der Waals surface area contributed by atoms with E-state index in [0.717, 1.165) is 0 Å². The second kappa shape index (κ2) is 4.53. The van der Waals surface area contributed by atoms with E-state index in [4.69, 9.17) is 17.3 Å². The molecule has 0 bridgehead atoms. The maximum absolute atomic E-state index is 10.7. The Hall–Kier alpha value is -0.330. The van der Waals surface area contributed by atoms with Crippen molar-refractivity contribution in [3.05, 3.63) is 0 Å². The molecule has 0 saturated carbocycles. The summed E-state index contributed by atoms with van der Waals surface area (Å²) in [5.74, 6) is -0.932. The highest BCUT2D eigenvalue weighted by Gasteiger charge is 2.08. The van der Waals surface area contributed by atoms with Crippen LogP contribution in [0, 0.1) is 0 Å². The number of carbonyl (C=O) groups excluding carboxylic acids is 1. The highest BCUT2D eigenvalue weighted by molar-refractivity contribution is 7.89. The Kier molecular flexibility index (Phi) is 4.39. The van der Waals surface area contributed by atoms with Crippen LogP contribution in [0.25, 0.3) is 0 Å². The molecular weight excluding hydrogens is 192 g/mol. The molecule has 0 aromatic rings. The molecule has 5 nitrogen and oxygen atoms in total. The zero-order valence-corrected chi connectivity index (χ0v) is 7.28. The maximum Gasteiger partial charge on any atom is 0.232 e. The third-order valence-electron chi connectivity index (χ3n) is 0.812. The second-order valence-corrected chi connectivity index (χ2v) is 4.10. The molecule has 0 aliphatic heterocycles. The SMILES string of the molecule is NC(=O)CNS(=O)(=O)CCCl. The van der Waals surface area contributed by atoms with E-state index in [2.05, 4.69) is 0 Å². The molecule has 0 aliphatic rings. The topological polar surface area (TPSA) is 89.3 Å². The predicted molar refractivity (Wildman–Crippen MR) is 41.7 cm³/mol. The Labute approximate surface area is 69.9 Å². The number of amides is 1. The molecule has 0 heterocycles. The molecule has 0 atom stereocenters. The number of halogens is 1. The molecule has 3 N–H and O–H groups in total. The molecule has 0 spiro atoms. The van der Waals surface area contributed by atoms with Crippen molar-refractivity contribution in [2.75, 3.05) is 18.2 Å². The first-order chi connectivity index (χ1) is 4.98. The van der Waals surface area contributed by atoms with Crippen LogP contribution >= 0.6 is 11.6 Å². The molecule has 0 radical (unpaired) electrons. The molecule has 0 fully saturated rings. The van der Waals surface area contributed by atoms with Gasteiger partial charge in [-0.15, -0.1) is 11.6 Å². The number of primary amides is 1. The number of alkyl halides is 1. The number of rotatable bonds is 5. The first-order valence-electron chi connectivity index (χ1n) is 2.79. The minimum atomic E-state index is -3.41. The van der Waals surface area contributed by atoms with E-state index in [1.165, 1.54) is 0 Å². The van der Waals surface area contributed by atoms with E-state index in [1.807, 2.05) is 4.72 Å². The number of nitrogens with one attached hydrogen (secondary N) is 1. The van der Waals surface area contributed by atoms with Crippen LogP contribution in [0.1, 0.15) is 0 Å². The molecule has 1 amide bonds. The van der Waals surface area contributed by atoms with Gasteiger partial charge in [-0.3, -0.25) is 4.79 Å². The lowest BCUT2D eigenvalue weighted by Gasteiger charge is -2.00. The molecule has 0 saturated heterocycles. The first kappa shape index (κ1) is 10.7. The zero-order valence-electron chi connectivity index (χ0n) is 5.71. The Morgan fingerprint density at radius 2 is 2.09 bits per heavy atom. The number of carbonyl (C=O) groups is 1. The summed E-state index contributed by atoms with van der Waals surface area (Å²) in [6, 6.07) is 0. The van der Waals surface area contributed by atoms with E-state index in [-0.39, 0.29) is 18.2 Å². The van der Waals surface area contributed by atoms with Crippen LogP contribution in [0.3, 0.4) is 0 Å². The van der Waals surface area contributed by atoms with Crippen LogP contribution in [0.5, 0.6) is 0 Å². The van der Waals surface area contributed by atoms with E-state index < -0.39 is 15.9 Å². The van der Waals surface area contributed by atoms with Crippen molar-refractivity contribution in [3.63, 3.8) is 0 Å². The quantitative estimate of drug-likeness (QED) is 0.537. The average Bonchev–Trinajstić information content (AvgIpc) is 1.84.